The molecule has 6 nitrogen and oxygen atoms in total. The first kappa shape index (κ1) is 20.3. The molecule has 0 fully saturated rings. The van der Waals surface area contributed by atoms with Gasteiger partial charge in [0.25, 0.3) is 5.56 Å². The van der Waals surface area contributed by atoms with Gasteiger partial charge in [-0.05, 0) is 55.6 Å². The molecule has 0 aliphatic carbocycles. The Morgan fingerprint density at radius 3 is 2.52 bits per heavy atom. The SMILES string of the molecule is CCOc1ccc(-c2ccc(=O)n(C(C)C(=O)Nc3cccc4ccccc34)n2)cc1. The quantitative estimate of drug-likeness (QED) is 0.499. The zero-order valence-corrected chi connectivity index (χ0v) is 17.4. The van der Waals surface area contributed by atoms with E-state index in [4.69, 9.17) is 4.74 Å². The molecule has 31 heavy (non-hydrogen) atoms. The van der Waals surface area contributed by atoms with Gasteiger partial charge in [-0.2, -0.15) is 5.10 Å². The van der Waals surface area contributed by atoms with Crippen molar-refractivity contribution in [1.82, 2.24) is 9.78 Å². The first-order valence-electron chi connectivity index (χ1n) is 10.2. The number of aromatic nitrogens is 2. The fourth-order valence-electron chi connectivity index (χ4n) is 3.43. The number of amides is 1. The Morgan fingerprint density at radius 1 is 1.00 bits per heavy atom. The second-order valence-electron chi connectivity index (χ2n) is 7.15. The number of nitrogens with zero attached hydrogens (tertiary/aromatic N) is 2. The molecule has 0 saturated carbocycles. The van der Waals surface area contributed by atoms with Gasteiger partial charge in [0.05, 0.1) is 12.3 Å². The molecule has 1 amide bonds. The van der Waals surface area contributed by atoms with Gasteiger partial charge in [-0.25, -0.2) is 4.68 Å². The topological polar surface area (TPSA) is 73.2 Å². The van der Waals surface area contributed by atoms with Gasteiger partial charge in [0.15, 0.2) is 0 Å². The van der Waals surface area contributed by atoms with Gasteiger partial charge in [-0.15, -0.1) is 0 Å². The molecule has 0 aliphatic rings. The largest absolute Gasteiger partial charge is 0.494 e. The van der Waals surface area contributed by atoms with Crippen LogP contribution in [0.3, 0.4) is 0 Å². The highest BCUT2D eigenvalue weighted by Crippen LogP contribution is 2.24. The Balaban J connectivity index is 1.60. The van der Waals surface area contributed by atoms with Crippen molar-refractivity contribution >= 4 is 22.4 Å². The highest BCUT2D eigenvalue weighted by molar-refractivity contribution is 6.03. The van der Waals surface area contributed by atoms with Gasteiger partial charge in [0.1, 0.15) is 11.8 Å². The molecule has 156 valence electrons. The second kappa shape index (κ2) is 8.83. The minimum Gasteiger partial charge on any atom is -0.494 e. The van der Waals surface area contributed by atoms with Crippen LogP contribution in [-0.2, 0) is 4.79 Å². The van der Waals surface area contributed by atoms with Crippen LogP contribution in [0.25, 0.3) is 22.0 Å². The highest BCUT2D eigenvalue weighted by Gasteiger charge is 2.19. The maximum absolute atomic E-state index is 12.9. The van der Waals surface area contributed by atoms with Gasteiger partial charge in [0.2, 0.25) is 5.91 Å². The minimum atomic E-state index is -0.783. The molecule has 0 spiro atoms. The predicted molar refractivity (Wildman–Crippen MR) is 122 cm³/mol. The van der Waals surface area contributed by atoms with E-state index < -0.39 is 6.04 Å². The number of rotatable bonds is 6. The van der Waals surface area contributed by atoms with E-state index in [0.29, 0.717) is 18.0 Å². The molecule has 6 heteroatoms. The van der Waals surface area contributed by atoms with Crippen LogP contribution in [0.4, 0.5) is 5.69 Å². The number of nitrogens with one attached hydrogen (secondary N) is 1. The lowest BCUT2D eigenvalue weighted by Gasteiger charge is -2.16. The minimum absolute atomic E-state index is 0.310. The number of ether oxygens (including phenoxy) is 1. The summed E-state index contributed by atoms with van der Waals surface area (Å²) in [6.45, 7) is 4.18. The lowest BCUT2D eigenvalue weighted by atomic mass is 10.1. The lowest BCUT2D eigenvalue weighted by molar-refractivity contribution is -0.119. The molecule has 4 rings (SSSR count). The summed E-state index contributed by atoms with van der Waals surface area (Å²) in [5, 5.41) is 9.35. The number of hydrogen-bond donors (Lipinski definition) is 1. The summed E-state index contributed by atoms with van der Waals surface area (Å²) in [6, 6.07) is 23.3. The highest BCUT2D eigenvalue weighted by atomic mass is 16.5. The van der Waals surface area contributed by atoms with Crippen molar-refractivity contribution in [2.75, 3.05) is 11.9 Å². The normalized spacial score (nSPS) is 11.8. The van der Waals surface area contributed by atoms with Crippen LogP contribution < -0.4 is 15.6 Å². The molecule has 0 bridgehead atoms. The summed E-state index contributed by atoms with van der Waals surface area (Å²) in [5.41, 5.74) is 1.80. The van der Waals surface area contributed by atoms with E-state index in [2.05, 4.69) is 10.4 Å². The van der Waals surface area contributed by atoms with Crippen molar-refractivity contribution in [2.45, 2.75) is 19.9 Å². The first-order valence-corrected chi connectivity index (χ1v) is 10.2. The maximum Gasteiger partial charge on any atom is 0.267 e. The van der Waals surface area contributed by atoms with Crippen LogP contribution in [0.1, 0.15) is 19.9 Å². The zero-order valence-electron chi connectivity index (χ0n) is 17.4. The smallest absolute Gasteiger partial charge is 0.267 e. The third-order valence-corrected chi connectivity index (χ3v) is 5.08. The van der Waals surface area contributed by atoms with Crippen LogP contribution in [0.2, 0.25) is 0 Å². The summed E-state index contributed by atoms with van der Waals surface area (Å²) in [6.07, 6.45) is 0. The van der Waals surface area contributed by atoms with E-state index in [9.17, 15) is 9.59 Å². The molecule has 1 aromatic heterocycles. The van der Waals surface area contributed by atoms with Gasteiger partial charge in [-0.1, -0.05) is 36.4 Å². The fourth-order valence-corrected chi connectivity index (χ4v) is 3.43. The lowest BCUT2D eigenvalue weighted by Crippen LogP contribution is -2.33. The Bertz CT molecular complexity index is 1270. The van der Waals surface area contributed by atoms with Crippen molar-refractivity contribution < 1.29 is 9.53 Å². The van der Waals surface area contributed by atoms with E-state index in [1.807, 2.05) is 73.7 Å². The zero-order chi connectivity index (χ0) is 21.8. The van der Waals surface area contributed by atoms with E-state index >= 15 is 0 Å². The van der Waals surface area contributed by atoms with Crippen LogP contribution in [0.5, 0.6) is 5.75 Å². The van der Waals surface area contributed by atoms with Gasteiger partial charge in [-0.3, -0.25) is 9.59 Å². The van der Waals surface area contributed by atoms with Crippen LogP contribution in [0.15, 0.2) is 83.7 Å². The number of carbonyl (C=O) groups is 1. The first-order chi connectivity index (χ1) is 15.1. The molecule has 1 unspecified atom stereocenters. The summed E-state index contributed by atoms with van der Waals surface area (Å²) in [5.74, 6) is 0.456. The Kier molecular flexibility index (Phi) is 5.80. The standard InChI is InChI=1S/C25H23N3O3/c1-3-31-20-13-11-19(12-14-20)22-15-16-24(29)28(27-22)17(2)25(30)26-23-10-6-8-18-7-4-5-9-21(18)23/h4-17H,3H2,1-2H3,(H,26,30). The molecule has 1 atom stereocenters. The van der Waals surface area contributed by atoms with Gasteiger partial charge < -0.3 is 10.1 Å². The van der Waals surface area contributed by atoms with E-state index in [1.54, 1.807) is 13.0 Å². The summed E-state index contributed by atoms with van der Waals surface area (Å²) < 4.78 is 6.68. The van der Waals surface area contributed by atoms with Crippen LogP contribution in [0, 0.1) is 0 Å². The maximum atomic E-state index is 12.9. The number of carbonyl (C=O) groups excluding carboxylic acids is 1. The third kappa shape index (κ3) is 4.33. The molecule has 0 saturated heterocycles. The number of benzene rings is 3. The molecule has 0 aliphatic heterocycles. The molecular formula is C25H23N3O3. The Hall–Kier alpha value is -3.93. The predicted octanol–water partition coefficient (Wildman–Crippen LogP) is 4.66. The molecule has 3 aromatic carbocycles. The van der Waals surface area contributed by atoms with Gasteiger partial charge >= 0.3 is 0 Å². The van der Waals surface area contributed by atoms with Crippen LogP contribution >= 0.6 is 0 Å². The second-order valence-corrected chi connectivity index (χ2v) is 7.15. The Morgan fingerprint density at radius 2 is 1.74 bits per heavy atom. The van der Waals surface area contributed by atoms with Crippen molar-refractivity contribution in [1.29, 1.82) is 0 Å². The van der Waals surface area contributed by atoms with Crippen molar-refractivity contribution in [3.8, 4) is 17.0 Å². The molecular weight excluding hydrogens is 390 g/mol. The van der Waals surface area contributed by atoms with Gasteiger partial charge in [0, 0.05) is 22.7 Å². The van der Waals surface area contributed by atoms with Crippen LogP contribution in [-0.4, -0.2) is 22.3 Å². The summed E-state index contributed by atoms with van der Waals surface area (Å²) in [4.78, 5) is 25.4. The monoisotopic (exact) mass is 413 g/mol. The summed E-state index contributed by atoms with van der Waals surface area (Å²) >= 11 is 0. The van der Waals surface area contributed by atoms with Crippen molar-refractivity contribution in [3.63, 3.8) is 0 Å². The number of fused-ring (bicyclic) bond motifs is 1. The average Bonchev–Trinajstić information content (AvgIpc) is 2.80. The molecule has 0 radical (unpaired) electrons. The number of anilines is 1. The van der Waals surface area contributed by atoms with Crippen molar-refractivity contribution in [2.24, 2.45) is 0 Å². The average molecular weight is 413 g/mol. The van der Waals surface area contributed by atoms with E-state index in [-0.39, 0.29) is 11.5 Å². The van der Waals surface area contributed by atoms with E-state index in [1.165, 1.54) is 10.7 Å². The van der Waals surface area contributed by atoms with E-state index in [0.717, 1.165) is 22.1 Å². The Labute approximate surface area is 180 Å². The summed E-state index contributed by atoms with van der Waals surface area (Å²) in [7, 11) is 0. The fraction of sp³-hybridized carbons (Fsp3) is 0.160. The molecule has 1 N–H and O–H groups in total. The van der Waals surface area contributed by atoms with Crippen molar-refractivity contribution in [3.05, 3.63) is 89.2 Å². The molecule has 4 aromatic rings. The molecule has 1 heterocycles. The number of hydrogen-bond acceptors (Lipinski definition) is 4. The third-order valence-electron chi connectivity index (χ3n) is 5.08.